The lowest BCUT2D eigenvalue weighted by Gasteiger charge is -2.21. The minimum atomic E-state index is -1.40. The summed E-state index contributed by atoms with van der Waals surface area (Å²) in [5.41, 5.74) is 4.66. The molecule has 3 aromatic carbocycles. The first-order chi connectivity index (χ1) is 17.8. The Morgan fingerprint density at radius 2 is 1.46 bits per heavy atom. The molecule has 2 unspecified atom stereocenters. The molecule has 0 spiro atoms. The first-order valence-electron chi connectivity index (χ1n) is 11.7. The third-order valence-electron chi connectivity index (χ3n) is 6.23. The quantitative estimate of drug-likeness (QED) is 0.297. The Morgan fingerprint density at radius 1 is 0.919 bits per heavy atom. The zero-order chi connectivity index (χ0) is 26.5. The van der Waals surface area contributed by atoms with Crippen LogP contribution in [0.5, 0.6) is 17.2 Å². The van der Waals surface area contributed by atoms with Gasteiger partial charge < -0.3 is 34.5 Å². The second-order valence-electron chi connectivity index (χ2n) is 8.57. The lowest BCUT2D eigenvalue weighted by Crippen LogP contribution is -2.36. The normalized spacial score (nSPS) is 13.6. The van der Waals surface area contributed by atoms with Gasteiger partial charge in [0.1, 0.15) is 18.8 Å². The summed E-state index contributed by atoms with van der Waals surface area (Å²) >= 11 is 0. The third-order valence-corrected chi connectivity index (χ3v) is 6.23. The summed E-state index contributed by atoms with van der Waals surface area (Å²) < 4.78 is 21.1. The minimum absolute atomic E-state index is 0.0553. The van der Waals surface area contributed by atoms with E-state index in [9.17, 15) is 19.8 Å². The van der Waals surface area contributed by atoms with Crippen LogP contribution in [0.3, 0.4) is 0 Å². The van der Waals surface area contributed by atoms with Gasteiger partial charge in [-0.1, -0.05) is 48.5 Å². The Bertz CT molecular complexity index is 1220. The number of carbonyl (C=O) groups is 2. The van der Waals surface area contributed by atoms with Gasteiger partial charge in [0.05, 0.1) is 14.2 Å². The highest BCUT2D eigenvalue weighted by Crippen LogP contribution is 2.44. The molecule has 0 fully saturated rings. The molecule has 9 heteroatoms. The van der Waals surface area contributed by atoms with Crippen molar-refractivity contribution in [3.8, 4) is 28.4 Å². The monoisotopic (exact) mass is 507 g/mol. The van der Waals surface area contributed by atoms with Crippen molar-refractivity contribution in [2.24, 2.45) is 0 Å². The molecular formula is C28H29NO8. The van der Waals surface area contributed by atoms with Gasteiger partial charge in [-0.15, -0.1) is 0 Å². The number of fused-ring (bicyclic) bond motifs is 3. The van der Waals surface area contributed by atoms with Gasteiger partial charge in [-0.25, -0.2) is 4.79 Å². The van der Waals surface area contributed by atoms with Gasteiger partial charge in [-0.2, -0.15) is 0 Å². The molecule has 194 valence electrons. The molecule has 4 rings (SSSR count). The van der Waals surface area contributed by atoms with E-state index in [4.69, 9.17) is 18.9 Å². The molecule has 0 aliphatic heterocycles. The number of amides is 1. The third kappa shape index (κ3) is 5.52. The zero-order valence-corrected chi connectivity index (χ0v) is 20.8. The van der Waals surface area contributed by atoms with Gasteiger partial charge in [0.25, 0.3) is 0 Å². The van der Waals surface area contributed by atoms with Crippen LogP contribution in [0.4, 0.5) is 4.79 Å². The maximum Gasteiger partial charge on any atom is 0.407 e. The van der Waals surface area contributed by atoms with Crippen LogP contribution in [-0.4, -0.2) is 55.8 Å². The first-order valence-corrected chi connectivity index (χ1v) is 11.7. The van der Waals surface area contributed by atoms with E-state index in [-0.39, 0.29) is 41.9 Å². The smallest absolute Gasteiger partial charge is 0.407 e. The number of hydrogen-bond acceptors (Lipinski definition) is 8. The molecule has 3 N–H and O–H groups in total. The van der Waals surface area contributed by atoms with Crippen LogP contribution < -0.4 is 19.5 Å². The maximum atomic E-state index is 12.4. The predicted octanol–water partition coefficient (Wildman–Crippen LogP) is 3.56. The van der Waals surface area contributed by atoms with Crippen LogP contribution >= 0.6 is 0 Å². The zero-order valence-electron chi connectivity index (χ0n) is 20.8. The molecule has 0 saturated carbocycles. The number of aliphatic hydroxyl groups excluding tert-OH is 2. The summed E-state index contributed by atoms with van der Waals surface area (Å²) in [5.74, 6) is -0.332. The fraction of sp³-hybridized carbons (Fsp3) is 0.286. The van der Waals surface area contributed by atoms with Crippen LogP contribution in [0.2, 0.25) is 0 Å². The van der Waals surface area contributed by atoms with E-state index in [0.29, 0.717) is 0 Å². The topological polar surface area (TPSA) is 124 Å². The fourth-order valence-corrected chi connectivity index (χ4v) is 4.49. The van der Waals surface area contributed by atoms with Crippen molar-refractivity contribution in [3.63, 3.8) is 0 Å². The number of hydrogen-bond donors (Lipinski definition) is 3. The average Bonchev–Trinajstić information content (AvgIpc) is 3.23. The Morgan fingerprint density at radius 3 is 1.97 bits per heavy atom. The van der Waals surface area contributed by atoms with Crippen LogP contribution in [0.15, 0.2) is 60.7 Å². The summed E-state index contributed by atoms with van der Waals surface area (Å²) in [6.07, 6.45) is -3.48. The Kier molecular flexibility index (Phi) is 7.95. The number of nitrogens with one attached hydrogen (secondary N) is 1. The highest BCUT2D eigenvalue weighted by Gasteiger charge is 2.29. The van der Waals surface area contributed by atoms with Crippen LogP contribution in [0, 0.1) is 0 Å². The SMILES string of the molecule is COc1cc(C(O)C(O)CNC(=O)OCC2c3ccccc3-c3ccccc32)cc(OC)c1OC(C)=O. The lowest BCUT2D eigenvalue weighted by atomic mass is 9.98. The molecule has 1 amide bonds. The number of benzene rings is 3. The van der Waals surface area contributed by atoms with Crippen LogP contribution in [0.1, 0.15) is 35.6 Å². The number of methoxy groups -OCH3 is 2. The largest absolute Gasteiger partial charge is 0.493 e. The highest BCUT2D eigenvalue weighted by molar-refractivity contribution is 5.79. The van der Waals surface area contributed by atoms with Crippen molar-refractivity contribution in [1.29, 1.82) is 0 Å². The molecule has 0 heterocycles. The molecule has 0 radical (unpaired) electrons. The molecular weight excluding hydrogens is 478 g/mol. The Labute approximate surface area is 214 Å². The molecule has 1 aliphatic carbocycles. The van der Waals surface area contributed by atoms with Crippen molar-refractivity contribution in [2.45, 2.75) is 25.0 Å². The number of ether oxygens (including phenoxy) is 4. The number of rotatable bonds is 9. The number of alkyl carbamates (subject to hydrolysis) is 1. The average molecular weight is 508 g/mol. The number of carbonyl (C=O) groups excluding carboxylic acids is 2. The van der Waals surface area contributed by atoms with E-state index in [1.165, 1.54) is 33.3 Å². The molecule has 9 nitrogen and oxygen atoms in total. The van der Waals surface area contributed by atoms with E-state index in [0.717, 1.165) is 22.3 Å². The van der Waals surface area contributed by atoms with Gasteiger partial charge in [0, 0.05) is 19.4 Å². The number of aliphatic hydroxyl groups is 2. The minimum Gasteiger partial charge on any atom is -0.493 e. The molecule has 2 atom stereocenters. The van der Waals surface area contributed by atoms with E-state index < -0.39 is 24.3 Å². The molecule has 37 heavy (non-hydrogen) atoms. The predicted molar refractivity (Wildman–Crippen MR) is 135 cm³/mol. The van der Waals surface area contributed by atoms with Crippen molar-refractivity contribution < 1.29 is 38.7 Å². The molecule has 3 aromatic rings. The summed E-state index contributed by atoms with van der Waals surface area (Å²) in [5, 5.41) is 23.7. The summed E-state index contributed by atoms with van der Waals surface area (Å²) in [6.45, 7) is 1.10. The van der Waals surface area contributed by atoms with Gasteiger partial charge >= 0.3 is 12.1 Å². The molecule has 0 saturated heterocycles. The standard InChI is InChI=1S/C28H29NO8/c1-16(30)37-27-24(34-2)12-17(13-25(27)35-3)26(32)23(31)14-29-28(33)36-15-22-20-10-6-4-8-18(20)19-9-5-7-11-21(19)22/h4-13,22-23,26,31-32H,14-15H2,1-3H3,(H,29,33). The second kappa shape index (κ2) is 11.3. The van der Waals surface area contributed by atoms with E-state index in [1.807, 2.05) is 36.4 Å². The summed E-state index contributed by atoms with van der Waals surface area (Å²) in [4.78, 5) is 23.8. The Hall–Kier alpha value is -4.08. The summed E-state index contributed by atoms with van der Waals surface area (Å²) in [7, 11) is 2.74. The molecule has 1 aliphatic rings. The maximum absolute atomic E-state index is 12.4. The second-order valence-corrected chi connectivity index (χ2v) is 8.57. The van der Waals surface area contributed by atoms with Crippen molar-refractivity contribution in [2.75, 3.05) is 27.4 Å². The Balaban J connectivity index is 1.37. The van der Waals surface area contributed by atoms with Gasteiger partial charge in [0.2, 0.25) is 5.75 Å². The van der Waals surface area contributed by atoms with Crippen molar-refractivity contribution >= 4 is 12.1 Å². The van der Waals surface area contributed by atoms with E-state index in [2.05, 4.69) is 17.4 Å². The molecule has 0 aromatic heterocycles. The van der Waals surface area contributed by atoms with Gasteiger partial charge in [0.15, 0.2) is 11.5 Å². The van der Waals surface area contributed by atoms with Gasteiger partial charge in [-0.05, 0) is 39.9 Å². The molecule has 0 bridgehead atoms. The fourth-order valence-electron chi connectivity index (χ4n) is 4.49. The number of esters is 1. The van der Waals surface area contributed by atoms with Crippen LogP contribution in [0.25, 0.3) is 11.1 Å². The summed E-state index contributed by atoms with van der Waals surface area (Å²) in [6, 6.07) is 18.9. The van der Waals surface area contributed by atoms with Crippen molar-refractivity contribution in [1.82, 2.24) is 5.32 Å². The van der Waals surface area contributed by atoms with Crippen molar-refractivity contribution in [3.05, 3.63) is 77.4 Å². The highest BCUT2D eigenvalue weighted by atomic mass is 16.6. The first kappa shape index (κ1) is 26.0. The van der Waals surface area contributed by atoms with Crippen LogP contribution in [-0.2, 0) is 9.53 Å². The van der Waals surface area contributed by atoms with Gasteiger partial charge in [-0.3, -0.25) is 4.79 Å². The van der Waals surface area contributed by atoms with E-state index >= 15 is 0 Å². The lowest BCUT2D eigenvalue weighted by molar-refractivity contribution is -0.132. The van der Waals surface area contributed by atoms with E-state index in [1.54, 1.807) is 0 Å².